The van der Waals surface area contributed by atoms with E-state index in [9.17, 15) is 4.79 Å². The SMILES string of the molecule is COc1ccc2cc([C@@H]3S[C@H](C)C(=O)N3[C@H]3CCCO3)c(Cl)nc2c1. The van der Waals surface area contributed by atoms with E-state index in [2.05, 4.69) is 4.98 Å². The maximum atomic E-state index is 12.7. The predicted molar refractivity (Wildman–Crippen MR) is 98.9 cm³/mol. The molecule has 7 heteroatoms. The summed E-state index contributed by atoms with van der Waals surface area (Å²) in [6, 6.07) is 7.74. The van der Waals surface area contributed by atoms with Crippen molar-refractivity contribution in [1.29, 1.82) is 0 Å². The van der Waals surface area contributed by atoms with Gasteiger partial charge in [-0.1, -0.05) is 11.6 Å². The zero-order valence-electron chi connectivity index (χ0n) is 14.1. The number of rotatable bonds is 3. The third-order valence-corrected chi connectivity index (χ3v) is 6.33. The summed E-state index contributed by atoms with van der Waals surface area (Å²) in [7, 11) is 1.62. The molecule has 0 aliphatic carbocycles. The van der Waals surface area contributed by atoms with Crippen molar-refractivity contribution in [2.24, 2.45) is 0 Å². The third kappa shape index (κ3) is 2.96. The van der Waals surface area contributed by atoms with Gasteiger partial charge < -0.3 is 9.47 Å². The number of ether oxygens (including phenoxy) is 2. The van der Waals surface area contributed by atoms with Crippen molar-refractivity contribution in [3.05, 3.63) is 35.0 Å². The van der Waals surface area contributed by atoms with Gasteiger partial charge in [-0.05, 0) is 38.0 Å². The monoisotopic (exact) mass is 378 g/mol. The molecule has 5 nitrogen and oxygen atoms in total. The summed E-state index contributed by atoms with van der Waals surface area (Å²) in [4.78, 5) is 19.1. The van der Waals surface area contributed by atoms with Crippen molar-refractivity contribution in [2.45, 2.75) is 36.6 Å². The number of methoxy groups -OCH3 is 1. The van der Waals surface area contributed by atoms with E-state index < -0.39 is 0 Å². The first kappa shape index (κ1) is 16.9. The highest BCUT2D eigenvalue weighted by atomic mass is 35.5. The molecule has 4 rings (SSSR count). The summed E-state index contributed by atoms with van der Waals surface area (Å²) in [5.41, 5.74) is 1.64. The first-order chi connectivity index (χ1) is 12.1. The van der Waals surface area contributed by atoms with Crippen molar-refractivity contribution in [3.8, 4) is 5.75 Å². The Labute approximate surface area is 155 Å². The standard InChI is InChI=1S/C18H19ClN2O3S/c1-10-17(22)21(15-4-3-7-24-15)18(25-10)13-8-11-5-6-12(23-2)9-14(11)20-16(13)19/h5-6,8-10,15,18H,3-4,7H2,1-2H3/t10-,15-,18+/m1/s1. The van der Waals surface area contributed by atoms with E-state index in [4.69, 9.17) is 21.1 Å². The molecular weight excluding hydrogens is 360 g/mol. The fourth-order valence-corrected chi connectivity index (χ4v) is 5.01. The first-order valence-electron chi connectivity index (χ1n) is 8.32. The Balaban J connectivity index is 1.76. The Hall–Kier alpha value is -1.50. The number of halogens is 1. The number of pyridine rings is 1. The van der Waals surface area contributed by atoms with Crippen molar-refractivity contribution in [1.82, 2.24) is 9.88 Å². The summed E-state index contributed by atoms with van der Waals surface area (Å²) in [6.45, 7) is 2.63. The van der Waals surface area contributed by atoms with E-state index in [0.717, 1.165) is 35.1 Å². The molecule has 0 spiro atoms. The fraction of sp³-hybridized carbons (Fsp3) is 0.444. The molecule has 3 atom stereocenters. The highest BCUT2D eigenvalue weighted by Crippen LogP contribution is 2.47. The number of nitrogens with zero attached hydrogens (tertiary/aromatic N) is 2. The molecule has 0 unspecified atom stereocenters. The summed E-state index contributed by atoms with van der Waals surface area (Å²) >= 11 is 8.10. The van der Waals surface area contributed by atoms with E-state index in [1.165, 1.54) is 0 Å². The summed E-state index contributed by atoms with van der Waals surface area (Å²) in [6.07, 6.45) is 1.67. The largest absolute Gasteiger partial charge is 0.497 e. The van der Waals surface area contributed by atoms with Gasteiger partial charge in [0, 0.05) is 23.6 Å². The average molecular weight is 379 g/mol. The number of thioether (sulfide) groups is 1. The van der Waals surface area contributed by atoms with Crippen LogP contribution in [-0.2, 0) is 9.53 Å². The van der Waals surface area contributed by atoms with Gasteiger partial charge in [-0.3, -0.25) is 9.69 Å². The summed E-state index contributed by atoms with van der Waals surface area (Å²) in [5.74, 6) is 0.844. The second-order valence-corrected chi connectivity index (χ2v) is 8.05. The maximum absolute atomic E-state index is 12.7. The van der Waals surface area contributed by atoms with Crippen LogP contribution < -0.4 is 4.74 Å². The van der Waals surface area contributed by atoms with Crippen molar-refractivity contribution < 1.29 is 14.3 Å². The second-order valence-electron chi connectivity index (χ2n) is 6.27. The fourth-order valence-electron chi connectivity index (χ4n) is 3.38. The van der Waals surface area contributed by atoms with Gasteiger partial charge >= 0.3 is 0 Å². The van der Waals surface area contributed by atoms with Crippen molar-refractivity contribution >= 4 is 40.2 Å². The molecule has 3 heterocycles. The predicted octanol–water partition coefficient (Wildman–Crippen LogP) is 4.00. The third-order valence-electron chi connectivity index (χ3n) is 4.68. The summed E-state index contributed by atoms with van der Waals surface area (Å²) in [5, 5.41) is 1.11. The van der Waals surface area contributed by atoms with E-state index in [-0.39, 0.29) is 22.8 Å². The molecule has 2 fully saturated rings. The van der Waals surface area contributed by atoms with E-state index in [1.54, 1.807) is 18.9 Å². The summed E-state index contributed by atoms with van der Waals surface area (Å²) < 4.78 is 11.0. The van der Waals surface area contributed by atoms with Gasteiger partial charge in [0.2, 0.25) is 5.91 Å². The number of hydrogen-bond donors (Lipinski definition) is 0. The minimum Gasteiger partial charge on any atom is -0.497 e. The van der Waals surface area contributed by atoms with Crippen LogP contribution in [0.3, 0.4) is 0 Å². The molecule has 0 saturated carbocycles. The molecule has 0 radical (unpaired) electrons. The average Bonchev–Trinajstić information content (AvgIpc) is 3.22. The Kier molecular flexibility index (Phi) is 4.52. The number of amides is 1. The lowest BCUT2D eigenvalue weighted by atomic mass is 10.1. The van der Waals surface area contributed by atoms with Crippen LogP contribution in [0.5, 0.6) is 5.75 Å². The highest BCUT2D eigenvalue weighted by molar-refractivity contribution is 8.01. The number of carbonyl (C=O) groups excluding carboxylic acids is 1. The molecular formula is C18H19ClN2O3S. The van der Waals surface area contributed by atoms with Gasteiger partial charge in [0.25, 0.3) is 0 Å². The van der Waals surface area contributed by atoms with Crippen LogP contribution in [0, 0.1) is 0 Å². The molecule has 25 heavy (non-hydrogen) atoms. The zero-order valence-corrected chi connectivity index (χ0v) is 15.6. The van der Waals surface area contributed by atoms with Crippen LogP contribution in [0.2, 0.25) is 5.15 Å². The molecule has 2 aliphatic heterocycles. The van der Waals surface area contributed by atoms with Gasteiger partial charge in [0.05, 0.1) is 17.9 Å². The molecule has 132 valence electrons. The first-order valence-corrected chi connectivity index (χ1v) is 9.64. The van der Waals surface area contributed by atoms with Gasteiger partial charge in [-0.25, -0.2) is 4.98 Å². The van der Waals surface area contributed by atoms with Gasteiger partial charge in [-0.2, -0.15) is 0 Å². The molecule has 1 amide bonds. The smallest absolute Gasteiger partial charge is 0.238 e. The van der Waals surface area contributed by atoms with Crippen LogP contribution >= 0.6 is 23.4 Å². The number of aromatic nitrogens is 1. The number of hydrogen-bond acceptors (Lipinski definition) is 5. The molecule has 2 aromatic rings. The normalized spacial score (nSPS) is 26.6. The number of benzene rings is 1. The Morgan fingerprint density at radius 1 is 1.40 bits per heavy atom. The van der Waals surface area contributed by atoms with Crippen molar-refractivity contribution in [2.75, 3.05) is 13.7 Å². The van der Waals surface area contributed by atoms with Crippen LogP contribution in [-0.4, -0.2) is 41.0 Å². The molecule has 0 bridgehead atoms. The van der Waals surface area contributed by atoms with E-state index >= 15 is 0 Å². The van der Waals surface area contributed by atoms with E-state index in [1.807, 2.05) is 36.1 Å². The van der Waals surface area contributed by atoms with Crippen LogP contribution in [0.15, 0.2) is 24.3 Å². The van der Waals surface area contributed by atoms with Gasteiger partial charge in [-0.15, -0.1) is 11.8 Å². The number of fused-ring (bicyclic) bond motifs is 1. The molecule has 2 aliphatic rings. The topological polar surface area (TPSA) is 51.7 Å². The van der Waals surface area contributed by atoms with Gasteiger partial charge in [0.1, 0.15) is 22.5 Å². The minimum atomic E-state index is -0.169. The maximum Gasteiger partial charge on any atom is 0.238 e. The molecule has 1 aromatic carbocycles. The Morgan fingerprint density at radius 2 is 2.24 bits per heavy atom. The van der Waals surface area contributed by atoms with Crippen LogP contribution in [0.1, 0.15) is 30.7 Å². The quantitative estimate of drug-likeness (QED) is 0.756. The number of carbonyl (C=O) groups is 1. The van der Waals surface area contributed by atoms with Crippen LogP contribution in [0.25, 0.3) is 10.9 Å². The molecule has 0 N–H and O–H groups in total. The minimum absolute atomic E-state index is 0.104. The Bertz CT molecular complexity index is 825. The lowest BCUT2D eigenvalue weighted by Crippen LogP contribution is -2.39. The van der Waals surface area contributed by atoms with Crippen LogP contribution in [0.4, 0.5) is 0 Å². The highest BCUT2D eigenvalue weighted by Gasteiger charge is 2.44. The van der Waals surface area contributed by atoms with Crippen molar-refractivity contribution in [3.63, 3.8) is 0 Å². The van der Waals surface area contributed by atoms with Gasteiger partial charge in [0.15, 0.2) is 0 Å². The Morgan fingerprint density at radius 3 is 2.96 bits per heavy atom. The lowest BCUT2D eigenvalue weighted by Gasteiger charge is -2.29. The van der Waals surface area contributed by atoms with E-state index in [0.29, 0.717) is 11.8 Å². The zero-order chi connectivity index (χ0) is 17.6. The second kappa shape index (κ2) is 6.67. The molecule has 2 saturated heterocycles. The lowest BCUT2D eigenvalue weighted by molar-refractivity contribution is -0.141. The molecule has 1 aromatic heterocycles.